The predicted molar refractivity (Wildman–Crippen MR) is 97.0 cm³/mol. The highest BCUT2D eigenvalue weighted by Gasteiger charge is 2.09. The van der Waals surface area contributed by atoms with Crippen LogP contribution in [0.2, 0.25) is 0 Å². The minimum atomic E-state index is 0.533. The Morgan fingerprint density at radius 3 is 2.84 bits per heavy atom. The molecule has 1 aromatic heterocycles. The van der Waals surface area contributed by atoms with Crippen molar-refractivity contribution in [3.05, 3.63) is 59.9 Å². The van der Waals surface area contributed by atoms with Crippen molar-refractivity contribution in [2.45, 2.75) is 25.7 Å². The first-order chi connectivity index (χ1) is 12.3. The maximum atomic E-state index is 9.09. The van der Waals surface area contributed by atoms with E-state index >= 15 is 0 Å². The Balaban J connectivity index is 1.45. The number of furan rings is 1. The molecule has 0 spiro atoms. The third-order valence-electron chi connectivity index (χ3n) is 4.20. The van der Waals surface area contributed by atoms with E-state index in [4.69, 9.17) is 19.2 Å². The highest BCUT2D eigenvalue weighted by molar-refractivity contribution is 5.88. The lowest BCUT2D eigenvalue weighted by Gasteiger charge is -2.08. The van der Waals surface area contributed by atoms with Gasteiger partial charge in [0.1, 0.15) is 17.6 Å². The molecule has 0 saturated heterocycles. The van der Waals surface area contributed by atoms with Gasteiger partial charge in [-0.1, -0.05) is 12.1 Å². The van der Waals surface area contributed by atoms with Crippen molar-refractivity contribution in [3.63, 3.8) is 0 Å². The Labute approximate surface area is 147 Å². The van der Waals surface area contributed by atoms with Crippen molar-refractivity contribution >= 4 is 11.0 Å². The zero-order chi connectivity index (χ0) is 17.5. The molecule has 0 amide bonds. The highest BCUT2D eigenvalue weighted by atomic mass is 16.5. The monoisotopic (exact) mass is 335 g/mol. The third kappa shape index (κ3) is 4.13. The van der Waals surface area contributed by atoms with E-state index in [0.29, 0.717) is 17.8 Å². The standard InChI is InChI=1S/C21H21NO3/c1-23-18-8-5-7-16(14-18)6-3-2-4-12-24-20-10-9-17(15-22)21-19(20)11-13-25-21/h5,7-11,13-14H,2-4,6,12H2,1H3. The molecule has 0 fully saturated rings. The van der Waals surface area contributed by atoms with Gasteiger partial charge in [-0.3, -0.25) is 0 Å². The number of nitrogens with zero attached hydrogens (tertiary/aromatic N) is 1. The molecule has 0 aliphatic rings. The molecule has 0 aliphatic heterocycles. The number of ether oxygens (including phenoxy) is 2. The highest BCUT2D eigenvalue weighted by Crippen LogP contribution is 2.29. The van der Waals surface area contributed by atoms with Crippen LogP contribution < -0.4 is 9.47 Å². The number of unbranched alkanes of at least 4 members (excludes halogenated alkanes) is 2. The molecule has 0 saturated carbocycles. The van der Waals surface area contributed by atoms with Crippen molar-refractivity contribution in [3.8, 4) is 17.6 Å². The van der Waals surface area contributed by atoms with E-state index in [2.05, 4.69) is 18.2 Å². The summed E-state index contributed by atoms with van der Waals surface area (Å²) < 4.78 is 16.5. The summed E-state index contributed by atoms with van der Waals surface area (Å²) in [5.41, 5.74) is 2.43. The molecule has 4 heteroatoms. The molecule has 0 aliphatic carbocycles. The minimum absolute atomic E-state index is 0.533. The molecule has 1 heterocycles. The van der Waals surface area contributed by atoms with Gasteiger partial charge < -0.3 is 13.9 Å². The van der Waals surface area contributed by atoms with Crippen LogP contribution in [-0.2, 0) is 6.42 Å². The van der Waals surface area contributed by atoms with E-state index in [9.17, 15) is 0 Å². The Morgan fingerprint density at radius 2 is 2.00 bits per heavy atom. The van der Waals surface area contributed by atoms with Gasteiger partial charge in [-0.15, -0.1) is 0 Å². The van der Waals surface area contributed by atoms with Crippen molar-refractivity contribution in [1.82, 2.24) is 0 Å². The van der Waals surface area contributed by atoms with E-state index in [-0.39, 0.29) is 0 Å². The molecule has 4 nitrogen and oxygen atoms in total. The Kier molecular flexibility index (Phi) is 5.58. The minimum Gasteiger partial charge on any atom is -0.497 e. The van der Waals surface area contributed by atoms with Gasteiger partial charge in [0, 0.05) is 0 Å². The van der Waals surface area contributed by atoms with Gasteiger partial charge in [0.05, 0.1) is 30.9 Å². The van der Waals surface area contributed by atoms with Gasteiger partial charge in [-0.25, -0.2) is 0 Å². The topological polar surface area (TPSA) is 55.4 Å². The zero-order valence-corrected chi connectivity index (χ0v) is 14.3. The quantitative estimate of drug-likeness (QED) is 0.537. The lowest BCUT2D eigenvalue weighted by atomic mass is 10.1. The molecule has 0 atom stereocenters. The van der Waals surface area contributed by atoms with Crippen LogP contribution in [-0.4, -0.2) is 13.7 Å². The molecule has 0 N–H and O–H groups in total. The van der Waals surface area contributed by atoms with Gasteiger partial charge in [-0.05, 0) is 61.6 Å². The van der Waals surface area contributed by atoms with Crippen molar-refractivity contribution in [2.75, 3.05) is 13.7 Å². The SMILES string of the molecule is COc1cccc(CCCCCOc2ccc(C#N)c3occc23)c1. The van der Waals surface area contributed by atoms with Crippen LogP contribution in [0.15, 0.2) is 53.1 Å². The second-order valence-electron chi connectivity index (χ2n) is 5.90. The summed E-state index contributed by atoms with van der Waals surface area (Å²) >= 11 is 0. The average Bonchev–Trinajstić information content (AvgIpc) is 3.15. The van der Waals surface area contributed by atoms with Gasteiger partial charge in [-0.2, -0.15) is 5.26 Å². The Bertz CT molecular complexity index is 876. The predicted octanol–water partition coefficient (Wildman–Crippen LogP) is 5.10. The first-order valence-electron chi connectivity index (χ1n) is 8.48. The summed E-state index contributed by atoms with van der Waals surface area (Å²) in [6, 6.07) is 15.8. The van der Waals surface area contributed by atoms with Gasteiger partial charge in [0.15, 0.2) is 5.58 Å². The number of rotatable bonds is 8. The molecular formula is C21H21NO3. The molecule has 128 valence electrons. The third-order valence-corrected chi connectivity index (χ3v) is 4.20. The van der Waals surface area contributed by atoms with Crippen LogP contribution in [0.5, 0.6) is 11.5 Å². The number of aryl methyl sites for hydroxylation is 1. The first-order valence-corrected chi connectivity index (χ1v) is 8.48. The average molecular weight is 335 g/mol. The summed E-state index contributed by atoms with van der Waals surface area (Å²) in [6.07, 6.45) is 5.84. The normalized spacial score (nSPS) is 10.6. The second-order valence-corrected chi connectivity index (χ2v) is 5.90. The summed E-state index contributed by atoms with van der Waals surface area (Å²) in [7, 11) is 1.69. The number of fused-ring (bicyclic) bond motifs is 1. The number of nitriles is 1. The fourth-order valence-corrected chi connectivity index (χ4v) is 2.87. The second kappa shape index (κ2) is 8.25. The lowest BCUT2D eigenvalue weighted by molar-refractivity contribution is 0.308. The van der Waals surface area contributed by atoms with E-state index < -0.39 is 0 Å². The van der Waals surface area contributed by atoms with Gasteiger partial charge in [0.25, 0.3) is 0 Å². The van der Waals surface area contributed by atoms with Crippen molar-refractivity contribution in [1.29, 1.82) is 5.26 Å². The number of benzene rings is 2. The van der Waals surface area contributed by atoms with Crippen LogP contribution >= 0.6 is 0 Å². The van der Waals surface area contributed by atoms with E-state index in [1.807, 2.05) is 24.3 Å². The van der Waals surface area contributed by atoms with Gasteiger partial charge >= 0.3 is 0 Å². The first kappa shape index (κ1) is 16.9. The van der Waals surface area contributed by atoms with E-state index in [1.165, 1.54) is 5.56 Å². The van der Waals surface area contributed by atoms with Crippen LogP contribution in [0, 0.1) is 11.3 Å². The number of hydrogen-bond acceptors (Lipinski definition) is 4. The largest absolute Gasteiger partial charge is 0.497 e. The Morgan fingerprint density at radius 1 is 1.08 bits per heavy atom. The maximum Gasteiger partial charge on any atom is 0.155 e. The molecule has 2 aromatic carbocycles. The summed E-state index contributed by atoms with van der Waals surface area (Å²) in [4.78, 5) is 0. The van der Waals surface area contributed by atoms with Gasteiger partial charge in [0.2, 0.25) is 0 Å². The molecular weight excluding hydrogens is 314 g/mol. The molecule has 25 heavy (non-hydrogen) atoms. The molecule has 0 radical (unpaired) electrons. The van der Waals surface area contributed by atoms with Crippen LogP contribution in [0.1, 0.15) is 30.4 Å². The van der Waals surface area contributed by atoms with Crippen molar-refractivity contribution in [2.24, 2.45) is 0 Å². The summed E-state index contributed by atoms with van der Waals surface area (Å²) in [5, 5.41) is 9.94. The van der Waals surface area contributed by atoms with Crippen molar-refractivity contribution < 1.29 is 13.9 Å². The lowest BCUT2D eigenvalue weighted by Crippen LogP contribution is -1.98. The number of hydrogen-bond donors (Lipinski definition) is 0. The molecule has 3 aromatic rings. The number of methoxy groups -OCH3 is 1. The summed E-state index contributed by atoms with van der Waals surface area (Å²) in [6.45, 7) is 0.657. The van der Waals surface area contributed by atoms with E-state index in [1.54, 1.807) is 19.4 Å². The Hall–Kier alpha value is -2.93. The fraction of sp³-hybridized carbons (Fsp3) is 0.286. The smallest absolute Gasteiger partial charge is 0.155 e. The van der Waals surface area contributed by atoms with Crippen LogP contribution in [0.25, 0.3) is 11.0 Å². The van der Waals surface area contributed by atoms with Crippen LogP contribution in [0.3, 0.4) is 0 Å². The zero-order valence-electron chi connectivity index (χ0n) is 14.3. The molecule has 0 unspecified atom stereocenters. The maximum absolute atomic E-state index is 9.09. The fourth-order valence-electron chi connectivity index (χ4n) is 2.87. The molecule has 3 rings (SSSR count). The summed E-state index contributed by atoms with van der Waals surface area (Å²) in [5.74, 6) is 1.68. The molecule has 0 bridgehead atoms. The van der Waals surface area contributed by atoms with E-state index in [0.717, 1.165) is 42.6 Å². The van der Waals surface area contributed by atoms with Crippen LogP contribution in [0.4, 0.5) is 0 Å².